The minimum absolute atomic E-state index is 0.0193. The molecule has 0 saturated carbocycles. The fraction of sp³-hybridized carbons (Fsp3) is 0.143. The predicted molar refractivity (Wildman–Crippen MR) is 138 cm³/mol. The summed E-state index contributed by atoms with van der Waals surface area (Å²) >= 11 is 0. The number of hydrogen-bond acceptors (Lipinski definition) is 8. The molecule has 0 bridgehead atoms. The van der Waals surface area contributed by atoms with Crippen LogP contribution in [0.3, 0.4) is 0 Å². The molecule has 1 N–H and O–H groups in total. The van der Waals surface area contributed by atoms with Gasteiger partial charge in [0.05, 0.1) is 16.4 Å². The molecule has 1 fully saturated rings. The monoisotopic (exact) mass is 552 g/mol. The van der Waals surface area contributed by atoms with E-state index in [1.165, 1.54) is 66.7 Å². The lowest BCUT2D eigenvalue weighted by atomic mass is 10.3. The van der Waals surface area contributed by atoms with Crippen LogP contribution in [0.2, 0.25) is 0 Å². The highest BCUT2D eigenvalue weighted by Gasteiger charge is 2.30. The van der Waals surface area contributed by atoms with Crippen LogP contribution in [-0.2, 0) is 24.4 Å². The van der Waals surface area contributed by atoms with Gasteiger partial charge in [-0.2, -0.15) is 0 Å². The molecule has 196 valence electrons. The predicted octanol–water partition coefficient (Wildman–Crippen LogP) is 5.37. The summed E-state index contributed by atoms with van der Waals surface area (Å²) < 4.78 is 71.7. The summed E-state index contributed by atoms with van der Waals surface area (Å²) in [6.45, 7) is 0.474. The summed E-state index contributed by atoms with van der Waals surface area (Å²) in [4.78, 5) is -0.229. The van der Waals surface area contributed by atoms with E-state index in [9.17, 15) is 21.9 Å². The van der Waals surface area contributed by atoms with E-state index < -0.39 is 26.0 Å². The first-order valence-electron chi connectivity index (χ1n) is 11.8. The van der Waals surface area contributed by atoms with Gasteiger partial charge in [0, 0.05) is 6.42 Å². The zero-order chi connectivity index (χ0) is 26.8. The van der Waals surface area contributed by atoms with Crippen LogP contribution in [0.4, 0.5) is 0 Å². The Morgan fingerprint density at radius 2 is 1.29 bits per heavy atom. The van der Waals surface area contributed by atoms with Crippen LogP contribution in [0.25, 0.3) is 0 Å². The minimum Gasteiger partial charge on any atom is -0.508 e. The number of para-hydroxylation sites is 2. The van der Waals surface area contributed by atoms with Crippen molar-refractivity contribution >= 4 is 19.7 Å². The lowest BCUT2D eigenvalue weighted by molar-refractivity contribution is -0.0418. The molecule has 0 aliphatic carbocycles. The number of hydrogen-bond donors (Lipinski definition) is 1. The molecule has 0 spiro atoms. The van der Waals surface area contributed by atoms with Gasteiger partial charge in [-0.15, -0.1) is 0 Å². The van der Waals surface area contributed by atoms with E-state index in [1.54, 1.807) is 30.3 Å². The van der Waals surface area contributed by atoms with Crippen LogP contribution in [-0.4, -0.2) is 34.8 Å². The summed E-state index contributed by atoms with van der Waals surface area (Å²) in [5, 5.41) is 9.57. The van der Waals surface area contributed by atoms with Gasteiger partial charge in [0.2, 0.25) is 19.7 Å². The molecule has 4 aromatic rings. The van der Waals surface area contributed by atoms with Crippen molar-refractivity contribution in [3.8, 4) is 23.0 Å². The third-order valence-corrected chi connectivity index (χ3v) is 9.53. The fourth-order valence-corrected chi connectivity index (χ4v) is 6.83. The lowest BCUT2D eigenvalue weighted by Crippen LogP contribution is -2.17. The second-order valence-corrected chi connectivity index (χ2v) is 12.3. The van der Waals surface area contributed by atoms with E-state index in [0.29, 0.717) is 13.0 Å². The third kappa shape index (κ3) is 5.10. The normalized spacial score (nSPS) is 15.7. The van der Waals surface area contributed by atoms with E-state index in [-0.39, 0.29) is 42.6 Å². The smallest absolute Gasteiger partial charge is 0.210 e. The van der Waals surface area contributed by atoms with Gasteiger partial charge in [-0.3, -0.25) is 0 Å². The van der Waals surface area contributed by atoms with Crippen LogP contribution in [0.15, 0.2) is 117 Å². The van der Waals surface area contributed by atoms with Crippen molar-refractivity contribution in [1.29, 1.82) is 0 Å². The van der Waals surface area contributed by atoms with E-state index in [1.807, 2.05) is 0 Å². The van der Waals surface area contributed by atoms with E-state index in [4.69, 9.17) is 14.2 Å². The molecule has 1 unspecified atom stereocenters. The zero-order valence-corrected chi connectivity index (χ0v) is 21.7. The van der Waals surface area contributed by atoms with Gasteiger partial charge < -0.3 is 19.3 Å². The van der Waals surface area contributed by atoms with Crippen LogP contribution < -0.4 is 9.47 Å². The van der Waals surface area contributed by atoms with Gasteiger partial charge in [0.25, 0.3) is 0 Å². The second kappa shape index (κ2) is 10.5. The first-order valence-corrected chi connectivity index (χ1v) is 14.8. The van der Waals surface area contributed by atoms with Crippen molar-refractivity contribution in [3.05, 3.63) is 97.1 Å². The molecule has 38 heavy (non-hydrogen) atoms. The Hall–Kier alpha value is -3.86. The Kier molecular flexibility index (Phi) is 7.11. The molecule has 0 amide bonds. The maximum atomic E-state index is 13.6. The van der Waals surface area contributed by atoms with Gasteiger partial charge >= 0.3 is 0 Å². The van der Waals surface area contributed by atoms with Crippen molar-refractivity contribution in [3.63, 3.8) is 0 Å². The molecular formula is C28H24O8S2. The van der Waals surface area contributed by atoms with E-state index >= 15 is 0 Å². The summed E-state index contributed by atoms with van der Waals surface area (Å²) in [5.74, 6) is -0.140. The quantitative estimate of drug-likeness (QED) is 0.310. The molecule has 4 aromatic carbocycles. The third-order valence-electron chi connectivity index (χ3n) is 5.93. The highest BCUT2D eigenvalue weighted by molar-refractivity contribution is 7.92. The van der Waals surface area contributed by atoms with Gasteiger partial charge in [-0.1, -0.05) is 36.4 Å². The highest BCUT2D eigenvalue weighted by Crippen LogP contribution is 2.42. The van der Waals surface area contributed by atoms with Crippen molar-refractivity contribution in [2.24, 2.45) is 0 Å². The number of rotatable bonds is 8. The summed E-state index contributed by atoms with van der Waals surface area (Å²) in [7, 11) is -8.06. The molecule has 5 rings (SSSR count). The van der Waals surface area contributed by atoms with Crippen molar-refractivity contribution < 1.29 is 36.2 Å². The van der Waals surface area contributed by atoms with Crippen molar-refractivity contribution in [2.45, 2.75) is 38.7 Å². The summed E-state index contributed by atoms with van der Waals surface area (Å²) in [6, 6.07) is 23.5. The molecule has 8 nitrogen and oxygen atoms in total. The van der Waals surface area contributed by atoms with Crippen LogP contribution in [0.1, 0.15) is 12.8 Å². The average molecular weight is 553 g/mol. The zero-order valence-electron chi connectivity index (χ0n) is 20.1. The molecule has 0 aromatic heterocycles. The SMILES string of the molecule is O=S(=O)(c1ccc(O)cc1)c1ccccc1Oc1cccc(S(=O)(=O)c2ccccc2)c1OC1CCCO1. The maximum absolute atomic E-state index is 13.6. The van der Waals surface area contributed by atoms with E-state index in [0.717, 1.165) is 6.42 Å². The minimum atomic E-state index is -4.04. The number of aromatic hydroxyl groups is 1. The standard InChI is InChI=1S/C28H24O8S2/c29-20-15-17-22(18-16-20)37(30,31)25-12-5-4-10-23(25)35-24-11-6-13-26(28(24)36-27-14-7-19-34-27)38(32,33)21-8-2-1-3-9-21/h1-6,8-13,15-18,27,29H,7,14,19H2. The fourth-order valence-electron chi connectivity index (χ4n) is 4.03. The van der Waals surface area contributed by atoms with Crippen molar-refractivity contribution in [2.75, 3.05) is 6.61 Å². The van der Waals surface area contributed by atoms with Crippen LogP contribution >= 0.6 is 0 Å². The highest BCUT2D eigenvalue weighted by atomic mass is 32.2. The Morgan fingerprint density at radius 1 is 0.684 bits per heavy atom. The van der Waals surface area contributed by atoms with Gasteiger partial charge in [0.1, 0.15) is 21.3 Å². The number of ether oxygens (including phenoxy) is 3. The Bertz CT molecular complexity index is 1640. The molecule has 1 atom stereocenters. The number of phenolic OH excluding ortho intramolecular Hbond substituents is 1. The molecule has 0 radical (unpaired) electrons. The van der Waals surface area contributed by atoms with E-state index in [2.05, 4.69) is 0 Å². The largest absolute Gasteiger partial charge is 0.508 e. The number of sulfone groups is 2. The molecule has 1 aliphatic rings. The van der Waals surface area contributed by atoms with Crippen LogP contribution in [0.5, 0.6) is 23.0 Å². The maximum Gasteiger partial charge on any atom is 0.210 e. The average Bonchev–Trinajstić information content (AvgIpc) is 3.44. The van der Waals surface area contributed by atoms with Crippen LogP contribution in [0, 0.1) is 0 Å². The first-order chi connectivity index (χ1) is 18.3. The Labute approximate surface area is 220 Å². The van der Waals surface area contributed by atoms with Gasteiger partial charge in [-0.05, 0) is 67.1 Å². The first kappa shape index (κ1) is 25.8. The Balaban J connectivity index is 1.61. The molecule has 1 heterocycles. The topological polar surface area (TPSA) is 116 Å². The summed E-state index contributed by atoms with van der Waals surface area (Å²) in [5.41, 5.74) is 0. The molecule has 1 saturated heterocycles. The molecule has 1 aliphatic heterocycles. The molecular weight excluding hydrogens is 528 g/mol. The summed E-state index contributed by atoms with van der Waals surface area (Å²) in [6.07, 6.45) is 0.633. The number of benzene rings is 4. The number of phenols is 1. The second-order valence-electron chi connectivity index (χ2n) is 8.51. The van der Waals surface area contributed by atoms with Gasteiger partial charge in [0.15, 0.2) is 17.8 Å². The van der Waals surface area contributed by atoms with Gasteiger partial charge in [-0.25, -0.2) is 16.8 Å². The lowest BCUT2D eigenvalue weighted by Gasteiger charge is -2.20. The Morgan fingerprint density at radius 3 is 2.00 bits per heavy atom. The molecule has 10 heteroatoms. The van der Waals surface area contributed by atoms with Crippen molar-refractivity contribution in [1.82, 2.24) is 0 Å².